The molecule has 2 unspecified atom stereocenters. The number of aliphatic hydroxyl groups excluding tert-OH is 1. The summed E-state index contributed by atoms with van der Waals surface area (Å²) in [6.45, 7) is -1.04. The fraction of sp³-hybridized carbons (Fsp3) is 0.500. The molecule has 0 saturated carbocycles. The van der Waals surface area contributed by atoms with Crippen molar-refractivity contribution in [3.8, 4) is 0 Å². The van der Waals surface area contributed by atoms with Gasteiger partial charge in [0, 0.05) is 18.7 Å². The predicted octanol–water partition coefficient (Wildman–Crippen LogP) is -2.12. The molecule has 1 fully saturated rings. The van der Waals surface area contributed by atoms with Crippen molar-refractivity contribution >= 4 is 29.8 Å². The Morgan fingerprint density at radius 2 is 1.83 bits per heavy atom. The fourth-order valence-electron chi connectivity index (χ4n) is 2.44. The highest BCUT2D eigenvalue weighted by Gasteiger charge is 2.49. The van der Waals surface area contributed by atoms with E-state index in [0.29, 0.717) is 4.57 Å². The smallest absolute Gasteiger partial charge is 0.390 e. The molecule has 0 spiro atoms. The van der Waals surface area contributed by atoms with E-state index in [4.69, 9.17) is 19.4 Å². The number of aliphatic hydroxyl groups is 1. The third-order valence-electron chi connectivity index (χ3n) is 3.52. The van der Waals surface area contributed by atoms with Gasteiger partial charge in [-0.3, -0.25) is 23.7 Å². The molecule has 1 saturated heterocycles. The Morgan fingerprint density at radius 3 is 2.37 bits per heavy atom. The van der Waals surface area contributed by atoms with Gasteiger partial charge in [0.05, 0.1) is 12.7 Å². The van der Waals surface area contributed by atoms with Gasteiger partial charge in [-0.1, -0.05) is 0 Å². The SMILES string of the molecule is O=C[C@]1(n2ccc(=O)[nH]c2=O)C[C@H](O)[C@@H](COP(=O)(O)OP(=O)(O)OP(=O)(O)O)O1. The molecule has 0 radical (unpaired) electrons. The molecule has 0 aromatic carbocycles. The van der Waals surface area contributed by atoms with E-state index in [-0.39, 0.29) is 6.29 Å². The fourth-order valence-corrected chi connectivity index (χ4v) is 5.47. The van der Waals surface area contributed by atoms with Crippen LogP contribution < -0.4 is 11.2 Å². The van der Waals surface area contributed by atoms with Gasteiger partial charge in [-0.05, 0) is 0 Å². The van der Waals surface area contributed by atoms with Gasteiger partial charge in [0.15, 0.2) is 6.29 Å². The maximum Gasteiger partial charge on any atom is 0.490 e. The molecular formula is C10H15N2O15P3. The van der Waals surface area contributed by atoms with E-state index in [1.54, 1.807) is 0 Å². The standard InChI is InChI=1S/C10H15N2O15P3/c13-5-10(12-2-1-8(15)11-9(12)16)3-6(14)7(25-10)4-24-29(20,21)27-30(22,23)26-28(17,18)19/h1-2,5-7,14H,3-4H2,(H,20,21)(H,22,23)(H,11,15,16)(H2,17,18,19)/t6-,7+,10-/m0/s1. The van der Waals surface area contributed by atoms with Gasteiger partial charge in [0.1, 0.15) is 6.10 Å². The summed E-state index contributed by atoms with van der Waals surface area (Å²) in [4.78, 5) is 71.9. The largest absolute Gasteiger partial charge is 0.490 e. The van der Waals surface area contributed by atoms with Gasteiger partial charge < -0.3 is 29.4 Å². The van der Waals surface area contributed by atoms with Crippen LogP contribution in [-0.2, 0) is 42.1 Å². The first-order valence-corrected chi connectivity index (χ1v) is 12.0. The van der Waals surface area contributed by atoms with Crippen molar-refractivity contribution in [2.45, 2.75) is 24.4 Å². The summed E-state index contributed by atoms with van der Waals surface area (Å²) in [5, 5.41) is 10.0. The van der Waals surface area contributed by atoms with Gasteiger partial charge in [0.25, 0.3) is 5.56 Å². The van der Waals surface area contributed by atoms with Gasteiger partial charge in [-0.25, -0.2) is 18.5 Å². The quantitative estimate of drug-likeness (QED) is 0.158. The van der Waals surface area contributed by atoms with E-state index in [0.717, 1.165) is 12.3 Å². The summed E-state index contributed by atoms with van der Waals surface area (Å²) >= 11 is 0. The van der Waals surface area contributed by atoms with Crippen LogP contribution in [0.2, 0.25) is 0 Å². The summed E-state index contributed by atoms with van der Waals surface area (Å²) in [6.07, 6.45) is -2.64. The van der Waals surface area contributed by atoms with Crippen molar-refractivity contribution in [3.63, 3.8) is 0 Å². The summed E-state index contributed by atoms with van der Waals surface area (Å²) in [7, 11) is -16.8. The minimum absolute atomic E-state index is 0.126. The zero-order valence-electron chi connectivity index (χ0n) is 14.4. The zero-order chi connectivity index (χ0) is 23.0. The highest BCUT2D eigenvalue weighted by atomic mass is 31.3. The van der Waals surface area contributed by atoms with Crippen LogP contribution in [0.3, 0.4) is 0 Å². The molecule has 2 rings (SSSR count). The molecule has 6 N–H and O–H groups in total. The lowest BCUT2D eigenvalue weighted by Crippen LogP contribution is -2.45. The summed E-state index contributed by atoms with van der Waals surface area (Å²) in [5.74, 6) is 0. The molecule has 1 aliphatic rings. The van der Waals surface area contributed by atoms with Crippen LogP contribution >= 0.6 is 23.5 Å². The Bertz CT molecular complexity index is 1060. The average molecular weight is 496 g/mol. The molecule has 1 aromatic heterocycles. The van der Waals surface area contributed by atoms with Crippen molar-refractivity contribution in [3.05, 3.63) is 33.1 Å². The summed E-state index contributed by atoms with van der Waals surface area (Å²) < 4.78 is 50.8. The Morgan fingerprint density at radius 1 is 1.20 bits per heavy atom. The second kappa shape index (κ2) is 8.67. The van der Waals surface area contributed by atoms with Gasteiger partial charge >= 0.3 is 29.2 Å². The van der Waals surface area contributed by atoms with Crippen LogP contribution in [0.4, 0.5) is 0 Å². The van der Waals surface area contributed by atoms with Gasteiger partial charge in [-0.15, -0.1) is 0 Å². The number of ether oxygens (including phenoxy) is 1. The number of phosphoric ester groups is 1. The monoisotopic (exact) mass is 496 g/mol. The molecule has 5 atom stereocenters. The van der Waals surface area contributed by atoms with Crippen LogP contribution in [0.25, 0.3) is 0 Å². The number of carbonyl (C=O) groups excluding carboxylic acids is 1. The lowest BCUT2D eigenvalue weighted by molar-refractivity contribution is -0.148. The third-order valence-corrected chi connectivity index (χ3v) is 7.32. The number of carbonyl (C=O) groups is 1. The Hall–Kier alpha value is -1.32. The minimum atomic E-state index is -5.74. The number of phosphoric acid groups is 3. The van der Waals surface area contributed by atoms with Crippen molar-refractivity contribution in [1.82, 2.24) is 9.55 Å². The molecule has 30 heavy (non-hydrogen) atoms. The average Bonchev–Trinajstić information content (AvgIpc) is 2.86. The van der Waals surface area contributed by atoms with E-state index >= 15 is 0 Å². The number of nitrogens with one attached hydrogen (secondary N) is 1. The van der Waals surface area contributed by atoms with E-state index in [2.05, 4.69) is 13.1 Å². The van der Waals surface area contributed by atoms with E-state index < -0.39 is 65.7 Å². The van der Waals surface area contributed by atoms with E-state index in [1.165, 1.54) is 0 Å². The van der Waals surface area contributed by atoms with Crippen LogP contribution in [0, 0.1) is 0 Å². The van der Waals surface area contributed by atoms with Crippen LogP contribution in [0.15, 0.2) is 21.9 Å². The van der Waals surface area contributed by atoms with Crippen molar-refractivity contribution in [2.24, 2.45) is 0 Å². The van der Waals surface area contributed by atoms with Crippen LogP contribution in [-0.4, -0.2) is 59.3 Å². The van der Waals surface area contributed by atoms with Crippen molar-refractivity contribution in [1.29, 1.82) is 0 Å². The summed E-state index contributed by atoms with van der Waals surface area (Å²) in [5.41, 5.74) is -3.96. The molecule has 2 heterocycles. The normalized spacial score (nSPS) is 28.6. The number of hydrogen-bond acceptors (Lipinski definition) is 11. The Labute approximate surface area is 165 Å². The first-order valence-electron chi connectivity index (χ1n) is 7.51. The van der Waals surface area contributed by atoms with E-state index in [9.17, 15) is 38.1 Å². The van der Waals surface area contributed by atoms with Crippen LogP contribution in [0.5, 0.6) is 0 Å². The number of aromatic nitrogens is 2. The number of rotatable bonds is 9. The molecule has 1 aromatic rings. The minimum Gasteiger partial charge on any atom is -0.390 e. The highest BCUT2D eigenvalue weighted by molar-refractivity contribution is 7.66. The molecule has 17 nitrogen and oxygen atoms in total. The second-order valence-corrected chi connectivity index (χ2v) is 10.2. The molecule has 0 amide bonds. The lowest BCUT2D eigenvalue weighted by Gasteiger charge is -2.25. The Balaban J connectivity index is 2.12. The number of nitrogens with zero attached hydrogens (tertiary/aromatic N) is 1. The predicted molar refractivity (Wildman–Crippen MR) is 90.7 cm³/mol. The number of aldehydes is 1. The molecule has 1 aliphatic heterocycles. The highest BCUT2D eigenvalue weighted by Crippen LogP contribution is 2.66. The first kappa shape index (κ1) is 24.9. The van der Waals surface area contributed by atoms with Crippen molar-refractivity contribution < 1.29 is 61.1 Å². The zero-order valence-corrected chi connectivity index (χ0v) is 17.1. The van der Waals surface area contributed by atoms with Gasteiger partial charge in [-0.2, -0.15) is 8.62 Å². The number of H-pyrrole nitrogens is 1. The topological polar surface area (TPSA) is 261 Å². The van der Waals surface area contributed by atoms with Crippen molar-refractivity contribution in [2.75, 3.05) is 6.61 Å². The summed E-state index contributed by atoms with van der Waals surface area (Å²) in [6, 6.07) is 0.891. The molecular weight excluding hydrogens is 481 g/mol. The van der Waals surface area contributed by atoms with E-state index in [1.807, 2.05) is 4.98 Å². The third kappa shape index (κ3) is 6.34. The second-order valence-electron chi connectivity index (χ2n) is 5.76. The molecule has 20 heteroatoms. The first-order chi connectivity index (χ1) is 13.6. The number of aromatic amines is 1. The lowest BCUT2D eigenvalue weighted by atomic mass is 10.1. The molecule has 0 bridgehead atoms. The van der Waals surface area contributed by atoms with Crippen LogP contribution in [0.1, 0.15) is 6.42 Å². The van der Waals surface area contributed by atoms with Gasteiger partial charge in [0.2, 0.25) is 5.72 Å². The number of hydrogen-bond donors (Lipinski definition) is 6. The Kier molecular flexibility index (Phi) is 7.21. The molecule has 170 valence electrons. The molecule has 0 aliphatic carbocycles. The maximum atomic E-state index is 11.9. The maximum absolute atomic E-state index is 11.9.